The van der Waals surface area contributed by atoms with Gasteiger partial charge in [-0.15, -0.1) is 33.3 Å². The fourth-order valence-electron chi connectivity index (χ4n) is 3.08. The van der Waals surface area contributed by atoms with Crippen LogP contribution in [-0.4, -0.2) is 70.9 Å². The maximum Gasteiger partial charge on any atom is 0.352 e. The number of carboxylic acids is 1. The first kappa shape index (κ1) is 22.5. The molecule has 2 aromatic rings. The maximum atomic E-state index is 12.7. The molecule has 0 aromatic carbocycles. The van der Waals surface area contributed by atoms with Crippen molar-refractivity contribution in [1.82, 2.24) is 20.4 Å². The van der Waals surface area contributed by atoms with Crippen LogP contribution in [0.4, 0.5) is 0 Å². The Balaban J connectivity index is 1.41. The van der Waals surface area contributed by atoms with Crippen LogP contribution in [-0.2, 0) is 25.2 Å². The third-order valence-corrected chi connectivity index (χ3v) is 10.4. The molecule has 0 saturated carbocycles. The summed E-state index contributed by atoms with van der Waals surface area (Å²) in [6.45, 7) is 1.84. The number of β-lactam (4-membered cyclic amide) rings is 1. The Labute approximate surface area is 196 Å². The number of aromatic nitrogens is 2. The van der Waals surface area contributed by atoms with Crippen LogP contribution in [0, 0.1) is 6.92 Å². The van der Waals surface area contributed by atoms with E-state index in [2.05, 4.69) is 15.5 Å². The number of nitrogens with zero attached hydrogens (tertiary/aromatic N) is 3. The standard InChI is InChI=1S/C17H16N4O5S5/c1-8-19-20-17(30-8)29-6-9-5-28-15-12(14(23)21(15)13(9)16(24)25)18-10(22)7-31(26)11-3-2-4-27-11/h2-4,12,15H,5-7H2,1H3,(H,18,22)(H,24,25). The van der Waals surface area contributed by atoms with Crippen molar-refractivity contribution >= 4 is 74.8 Å². The van der Waals surface area contributed by atoms with E-state index in [0.717, 1.165) is 9.35 Å². The summed E-state index contributed by atoms with van der Waals surface area (Å²) in [6.07, 6.45) is 0. The van der Waals surface area contributed by atoms with Crippen molar-refractivity contribution in [3.63, 3.8) is 0 Å². The number of nitrogens with one attached hydrogen (secondary N) is 1. The molecule has 3 atom stereocenters. The average molecular weight is 517 g/mol. The lowest BCUT2D eigenvalue weighted by Crippen LogP contribution is -2.70. The van der Waals surface area contributed by atoms with Crippen LogP contribution in [0.2, 0.25) is 0 Å². The maximum absolute atomic E-state index is 12.7. The minimum Gasteiger partial charge on any atom is -0.477 e. The second-order valence-electron chi connectivity index (χ2n) is 6.51. The second kappa shape index (κ2) is 9.40. The van der Waals surface area contributed by atoms with Gasteiger partial charge in [-0.1, -0.05) is 29.2 Å². The summed E-state index contributed by atoms with van der Waals surface area (Å²) in [5, 5.41) is 22.4. The van der Waals surface area contributed by atoms with Gasteiger partial charge in [0.2, 0.25) is 5.91 Å². The molecule has 0 bridgehead atoms. The molecule has 4 heterocycles. The van der Waals surface area contributed by atoms with Gasteiger partial charge in [-0.25, -0.2) is 4.79 Å². The van der Waals surface area contributed by atoms with Gasteiger partial charge < -0.3 is 10.4 Å². The Morgan fingerprint density at radius 2 is 2.23 bits per heavy atom. The third kappa shape index (κ3) is 4.72. The van der Waals surface area contributed by atoms with Crippen LogP contribution in [0.3, 0.4) is 0 Å². The molecule has 4 rings (SSSR count). The van der Waals surface area contributed by atoms with Crippen molar-refractivity contribution in [2.24, 2.45) is 0 Å². The first-order chi connectivity index (χ1) is 14.8. The number of amides is 2. The second-order valence-corrected chi connectivity index (χ2v) is 12.6. The molecule has 14 heteroatoms. The predicted octanol–water partition coefficient (Wildman–Crippen LogP) is 1.55. The van der Waals surface area contributed by atoms with Crippen LogP contribution in [0.1, 0.15) is 5.01 Å². The van der Waals surface area contributed by atoms with Crippen LogP contribution in [0.25, 0.3) is 0 Å². The van der Waals surface area contributed by atoms with Gasteiger partial charge in [-0.05, 0) is 23.9 Å². The number of thiophene rings is 1. The molecule has 0 aliphatic carbocycles. The fourth-order valence-corrected chi connectivity index (χ4v) is 8.29. The molecule has 3 unspecified atom stereocenters. The Morgan fingerprint density at radius 3 is 2.87 bits per heavy atom. The van der Waals surface area contributed by atoms with Gasteiger partial charge in [0.15, 0.2) is 4.34 Å². The largest absolute Gasteiger partial charge is 0.477 e. The van der Waals surface area contributed by atoms with Gasteiger partial charge >= 0.3 is 5.97 Å². The number of carbonyl (C=O) groups is 3. The summed E-state index contributed by atoms with van der Waals surface area (Å²) in [5.74, 6) is -1.58. The molecular formula is C17H16N4O5S5. The van der Waals surface area contributed by atoms with Gasteiger partial charge in [0.25, 0.3) is 5.91 Å². The predicted molar refractivity (Wildman–Crippen MR) is 121 cm³/mol. The molecule has 2 aliphatic heterocycles. The fraction of sp³-hybridized carbons (Fsp3) is 0.353. The lowest BCUT2D eigenvalue weighted by molar-refractivity contribution is -0.150. The number of hydrogen-bond acceptors (Lipinski definition) is 10. The number of aryl methyl sites for hydroxylation is 1. The van der Waals surface area contributed by atoms with Crippen LogP contribution in [0.5, 0.6) is 0 Å². The first-order valence-corrected chi connectivity index (χ1v) is 13.9. The highest BCUT2D eigenvalue weighted by molar-refractivity contribution is 8.01. The minimum atomic E-state index is -1.48. The van der Waals surface area contributed by atoms with Crippen molar-refractivity contribution in [3.8, 4) is 0 Å². The van der Waals surface area contributed by atoms with E-state index >= 15 is 0 Å². The molecule has 2 N–H and O–H groups in total. The number of fused-ring (bicyclic) bond motifs is 1. The molecular weight excluding hydrogens is 501 g/mol. The quantitative estimate of drug-likeness (QED) is 0.396. The van der Waals surface area contributed by atoms with Crippen molar-refractivity contribution in [2.75, 3.05) is 17.3 Å². The average Bonchev–Trinajstić information content (AvgIpc) is 3.41. The number of carboxylic acid groups (broad SMARTS) is 1. The molecule has 164 valence electrons. The molecule has 9 nitrogen and oxygen atoms in total. The summed E-state index contributed by atoms with van der Waals surface area (Å²) in [7, 11) is -1.48. The molecule has 1 saturated heterocycles. The van der Waals surface area contributed by atoms with Crippen molar-refractivity contribution < 1.29 is 23.7 Å². The lowest BCUT2D eigenvalue weighted by Gasteiger charge is -2.49. The highest BCUT2D eigenvalue weighted by Crippen LogP contribution is 2.41. The van der Waals surface area contributed by atoms with E-state index in [9.17, 15) is 23.7 Å². The summed E-state index contributed by atoms with van der Waals surface area (Å²) in [6, 6.07) is 2.62. The van der Waals surface area contributed by atoms with Crippen molar-refractivity contribution in [2.45, 2.75) is 26.9 Å². The van der Waals surface area contributed by atoms with E-state index in [4.69, 9.17) is 0 Å². The number of carbonyl (C=O) groups excluding carboxylic acids is 2. The molecule has 2 amide bonds. The lowest BCUT2D eigenvalue weighted by atomic mass is 10.0. The highest BCUT2D eigenvalue weighted by Gasteiger charge is 2.54. The third-order valence-electron chi connectivity index (χ3n) is 4.43. The Hall–Kier alpha value is -1.74. The first-order valence-electron chi connectivity index (χ1n) is 8.89. The summed E-state index contributed by atoms with van der Waals surface area (Å²) < 4.78 is 13.5. The van der Waals surface area contributed by atoms with Crippen LogP contribution >= 0.6 is 46.2 Å². The van der Waals surface area contributed by atoms with E-state index < -0.39 is 40.0 Å². The molecule has 2 aliphatic rings. The molecule has 0 spiro atoms. The summed E-state index contributed by atoms with van der Waals surface area (Å²) >= 11 is 5.51. The van der Waals surface area contributed by atoms with Gasteiger partial charge in [0.1, 0.15) is 27.9 Å². The van der Waals surface area contributed by atoms with E-state index in [1.54, 1.807) is 17.5 Å². The van der Waals surface area contributed by atoms with Crippen molar-refractivity contribution in [3.05, 3.63) is 33.8 Å². The molecule has 0 radical (unpaired) electrons. The van der Waals surface area contributed by atoms with Crippen LogP contribution < -0.4 is 5.32 Å². The molecule has 1 fully saturated rings. The van der Waals surface area contributed by atoms with Crippen LogP contribution in [0.15, 0.2) is 37.3 Å². The van der Waals surface area contributed by atoms with Gasteiger partial charge in [-0.3, -0.25) is 18.7 Å². The zero-order valence-corrected chi connectivity index (χ0v) is 20.1. The van der Waals surface area contributed by atoms with Gasteiger partial charge in [0.05, 0.1) is 15.0 Å². The minimum absolute atomic E-state index is 0.0323. The van der Waals surface area contributed by atoms with Crippen molar-refractivity contribution in [1.29, 1.82) is 0 Å². The Bertz CT molecular complexity index is 1080. The van der Waals surface area contributed by atoms with E-state index in [-0.39, 0.29) is 11.4 Å². The summed E-state index contributed by atoms with van der Waals surface area (Å²) in [5.41, 5.74) is 0.596. The number of rotatable bonds is 8. The van der Waals surface area contributed by atoms with E-state index in [0.29, 0.717) is 21.3 Å². The Kier molecular flexibility index (Phi) is 6.81. The van der Waals surface area contributed by atoms with Gasteiger partial charge in [-0.2, -0.15) is 0 Å². The van der Waals surface area contributed by atoms with E-state index in [1.807, 2.05) is 6.92 Å². The molecule has 2 aromatic heterocycles. The zero-order chi connectivity index (χ0) is 22.1. The zero-order valence-electron chi connectivity index (χ0n) is 16.0. The normalized spacial score (nSPS) is 21.5. The smallest absolute Gasteiger partial charge is 0.352 e. The summed E-state index contributed by atoms with van der Waals surface area (Å²) in [4.78, 5) is 38.1. The number of hydrogen-bond donors (Lipinski definition) is 2. The SMILES string of the molecule is Cc1nnc(SCC2=C(C(=O)O)N3C(=O)C(NC(=O)CS(=O)c4cccs4)C3SC2)s1. The number of aliphatic carboxylic acids is 1. The topological polar surface area (TPSA) is 130 Å². The number of thioether (sulfide) groups is 2. The van der Waals surface area contributed by atoms with E-state index in [1.165, 1.54) is 51.1 Å². The van der Waals surface area contributed by atoms with Gasteiger partial charge in [0, 0.05) is 11.5 Å². The highest BCUT2D eigenvalue weighted by atomic mass is 32.2. The molecule has 31 heavy (non-hydrogen) atoms. The Morgan fingerprint density at radius 1 is 1.42 bits per heavy atom. The monoisotopic (exact) mass is 516 g/mol.